The van der Waals surface area contributed by atoms with E-state index in [2.05, 4.69) is 0 Å². The zero-order valence-corrected chi connectivity index (χ0v) is 11.4. The molecule has 112 valence electrons. The highest BCUT2D eigenvalue weighted by Gasteiger charge is 2.44. The number of piperidine rings is 1. The standard InChI is InChI=1S/C15H15F2NO3/c16-11-6-10(7-12(17)8-11)14(20)18-5-1-3-15(9-18)4-2-13(19)21-15/h6-8H,1-5,9H2/t15-/m1/s1. The van der Waals surface area contributed by atoms with Crippen LogP contribution in [-0.4, -0.2) is 35.5 Å². The average Bonchev–Trinajstić information content (AvgIpc) is 2.77. The zero-order valence-electron chi connectivity index (χ0n) is 11.4. The molecule has 1 aromatic rings. The number of nitrogens with zero attached hydrogens (tertiary/aromatic N) is 1. The number of carbonyl (C=O) groups excluding carboxylic acids is 2. The zero-order chi connectivity index (χ0) is 15.0. The first-order valence-electron chi connectivity index (χ1n) is 6.95. The molecule has 0 aromatic heterocycles. The number of benzene rings is 1. The molecular formula is C15H15F2NO3. The van der Waals surface area contributed by atoms with Crippen molar-refractivity contribution in [3.63, 3.8) is 0 Å². The van der Waals surface area contributed by atoms with Crippen molar-refractivity contribution in [3.05, 3.63) is 35.4 Å². The molecule has 3 rings (SSSR count). The summed E-state index contributed by atoms with van der Waals surface area (Å²) >= 11 is 0. The average molecular weight is 295 g/mol. The van der Waals surface area contributed by atoms with Gasteiger partial charge >= 0.3 is 5.97 Å². The first-order valence-corrected chi connectivity index (χ1v) is 6.95. The number of carbonyl (C=O) groups is 2. The van der Waals surface area contributed by atoms with Crippen LogP contribution in [-0.2, 0) is 9.53 Å². The molecule has 2 aliphatic rings. The maximum Gasteiger partial charge on any atom is 0.306 e. The smallest absolute Gasteiger partial charge is 0.306 e. The minimum absolute atomic E-state index is 0.0196. The second-order valence-corrected chi connectivity index (χ2v) is 5.65. The molecule has 2 saturated heterocycles. The van der Waals surface area contributed by atoms with E-state index < -0.39 is 23.1 Å². The van der Waals surface area contributed by atoms with Crippen LogP contribution >= 0.6 is 0 Å². The molecule has 0 aliphatic carbocycles. The maximum absolute atomic E-state index is 13.2. The molecule has 2 fully saturated rings. The van der Waals surface area contributed by atoms with Crippen molar-refractivity contribution in [2.75, 3.05) is 13.1 Å². The molecule has 1 spiro atoms. The summed E-state index contributed by atoms with van der Waals surface area (Å²) in [4.78, 5) is 25.2. The fraction of sp³-hybridized carbons (Fsp3) is 0.467. The highest BCUT2D eigenvalue weighted by molar-refractivity contribution is 5.94. The van der Waals surface area contributed by atoms with E-state index in [1.54, 1.807) is 0 Å². The minimum atomic E-state index is -0.780. The van der Waals surface area contributed by atoms with E-state index in [0.717, 1.165) is 24.6 Å². The third kappa shape index (κ3) is 2.75. The van der Waals surface area contributed by atoms with E-state index >= 15 is 0 Å². The third-order valence-corrected chi connectivity index (χ3v) is 4.05. The van der Waals surface area contributed by atoms with Crippen molar-refractivity contribution < 1.29 is 23.1 Å². The normalized spacial score (nSPS) is 25.2. The van der Waals surface area contributed by atoms with Gasteiger partial charge in [0.25, 0.3) is 5.91 Å². The van der Waals surface area contributed by atoms with Crippen LogP contribution in [0.25, 0.3) is 0 Å². The Labute approximate surface area is 120 Å². The summed E-state index contributed by atoms with van der Waals surface area (Å²) in [5.41, 5.74) is -0.634. The highest BCUT2D eigenvalue weighted by atomic mass is 19.1. The summed E-state index contributed by atoms with van der Waals surface area (Å²) in [5, 5.41) is 0. The van der Waals surface area contributed by atoms with Crippen LogP contribution in [0.5, 0.6) is 0 Å². The molecule has 0 N–H and O–H groups in total. The Morgan fingerprint density at radius 2 is 1.90 bits per heavy atom. The first-order chi connectivity index (χ1) is 9.97. The Bertz CT molecular complexity index is 584. The third-order valence-electron chi connectivity index (χ3n) is 4.05. The SMILES string of the molecule is O=C1CC[C@@]2(CCCN(C(=O)c3cc(F)cc(F)c3)C2)O1. The molecule has 1 amide bonds. The number of halogens is 2. The summed E-state index contributed by atoms with van der Waals surface area (Å²) in [6.07, 6.45) is 2.38. The van der Waals surface area contributed by atoms with E-state index in [1.807, 2.05) is 0 Å². The van der Waals surface area contributed by atoms with E-state index in [1.165, 1.54) is 4.90 Å². The summed E-state index contributed by atoms with van der Waals surface area (Å²) < 4.78 is 31.8. The molecule has 0 unspecified atom stereocenters. The topological polar surface area (TPSA) is 46.6 Å². The van der Waals surface area contributed by atoms with Gasteiger partial charge in [0.05, 0.1) is 6.54 Å². The van der Waals surface area contributed by atoms with Crippen LogP contribution in [0, 0.1) is 11.6 Å². The van der Waals surface area contributed by atoms with Crippen molar-refractivity contribution in [1.29, 1.82) is 0 Å². The Kier molecular flexibility index (Phi) is 3.39. The van der Waals surface area contributed by atoms with Crippen LogP contribution in [0.15, 0.2) is 18.2 Å². The Hall–Kier alpha value is -1.98. The molecule has 6 heteroatoms. The summed E-state index contributed by atoms with van der Waals surface area (Å²) in [6.45, 7) is 0.784. The summed E-state index contributed by atoms with van der Waals surface area (Å²) in [6, 6.07) is 2.77. The molecule has 2 aliphatic heterocycles. The monoisotopic (exact) mass is 295 g/mol. The van der Waals surface area contributed by atoms with E-state index in [-0.39, 0.29) is 18.1 Å². The van der Waals surface area contributed by atoms with Gasteiger partial charge in [-0.3, -0.25) is 9.59 Å². The van der Waals surface area contributed by atoms with Crippen molar-refractivity contribution in [2.24, 2.45) is 0 Å². The number of hydrogen-bond donors (Lipinski definition) is 0. The molecule has 0 bridgehead atoms. The van der Waals surface area contributed by atoms with Crippen molar-refractivity contribution in [3.8, 4) is 0 Å². The predicted octanol–water partition coefficient (Wildman–Crippen LogP) is 2.28. The fourth-order valence-electron chi connectivity index (χ4n) is 3.09. The Morgan fingerprint density at radius 1 is 1.19 bits per heavy atom. The van der Waals surface area contributed by atoms with Crippen molar-refractivity contribution in [2.45, 2.75) is 31.3 Å². The first kappa shape index (κ1) is 14.0. The predicted molar refractivity (Wildman–Crippen MR) is 69.6 cm³/mol. The Balaban J connectivity index is 1.79. The number of hydrogen-bond acceptors (Lipinski definition) is 3. The number of likely N-dealkylation sites (tertiary alicyclic amines) is 1. The molecule has 0 saturated carbocycles. The van der Waals surface area contributed by atoms with E-state index in [4.69, 9.17) is 4.74 Å². The van der Waals surface area contributed by atoms with Crippen molar-refractivity contribution >= 4 is 11.9 Å². The lowest BCUT2D eigenvalue weighted by Crippen LogP contribution is -2.50. The largest absolute Gasteiger partial charge is 0.457 e. The van der Waals surface area contributed by atoms with Gasteiger partial charge in [-0.15, -0.1) is 0 Å². The number of rotatable bonds is 1. The van der Waals surface area contributed by atoms with Gasteiger partial charge in [-0.2, -0.15) is 0 Å². The highest BCUT2D eigenvalue weighted by Crippen LogP contribution is 2.35. The Morgan fingerprint density at radius 3 is 2.52 bits per heavy atom. The molecular weight excluding hydrogens is 280 g/mol. The lowest BCUT2D eigenvalue weighted by molar-refractivity contribution is -0.151. The lowest BCUT2D eigenvalue weighted by atomic mass is 9.89. The van der Waals surface area contributed by atoms with Gasteiger partial charge in [-0.1, -0.05) is 0 Å². The number of esters is 1. The van der Waals surface area contributed by atoms with Crippen LogP contribution in [0.3, 0.4) is 0 Å². The van der Waals surface area contributed by atoms with E-state index in [9.17, 15) is 18.4 Å². The number of amides is 1. The number of ether oxygens (including phenoxy) is 1. The second kappa shape index (κ2) is 5.09. The summed E-state index contributed by atoms with van der Waals surface area (Å²) in [7, 11) is 0. The molecule has 2 heterocycles. The fourth-order valence-corrected chi connectivity index (χ4v) is 3.09. The maximum atomic E-state index is 13.2. The lowest BCUT2D eigenvalue weighted by Gasteiger charge is -2.39. The molecule has 0 radical (unpaired) electrons. The van der Waals surface area contributed by atoms with Gasteiger partial charge in [0.15, 0.2) is 0 Å². The molecule has 1 aromatic carbocycles. The van der Waals surface area contributed by atoms with Crippen LogP contribution in [0.1, 0.15) is 36.0 Å². The van der Waals surface area contributed by atoms with Crippen LogP contribution in [0.4, 0.5) is 8.78 Å². The molecule has 21 heavy (non-hydrogen) atoms. The van der Waals surface area contributed by atoms with Gasteiger partial charge < -0.3 is 9.64 Å². The van der Waals surface area contributed by atoms with Crippen LogP contribution in [0.2, 0.25) is 0 Å². The van der Waals surface area contributed by atoms with Gasteiger partial charge in [-0.05, 0) is 31.4 Å². The summed E-state index contributed by atoms with van der Waals surface area (Å²) in [5.74, 6) is -2.24. The van der Waals surface area contributed by atoms with Gasteiger partial charge in [0.2, 0.25) is 0 Å². The van der Waals surface area contributed by atoms with Gasteiger partial charge in [0, 0.05) is 24.6 Å². The molecule has 4 nitrogen and oxygen atoms in total. The molecule has 1 atom stereocenters. The minimum Gasteiger partial charge on any atom is -0.457 e. The van der Waals surface area contributed by atoms with Gasteiger partial charge in [0.1, 0.15) is 17.2 Å². The second-order valence-electron chi connectivity index (χ2n) is 5.65. The van der Waals surface area contributed by atoms with Gasteiger partial charge in [-0.25, -0.2) is 8.78 Å². The van der Waals surface area contributed by atoms with Crippen LogP contribution < -0.4 is 0 Å². The van der Waals surface area contributed by atoms with E-state index in [0.29, 0.717) is 25.8 Å². The van der Waals surface area contributed by atoms with Crippen molar-refractivity contribution in [1.82, 2.24) is 4.90 Å². The quantitative estimate of drug-likeness (QED) is 0.747.